The van der Waals surface area contributed by atoms with Crippen LogP contribution in [0.2, 0.25) is 0 Å². The maximum atomic E-state index is 12.8. The number of hydrogen-bond acceptors (Lipinski definition) is 14. The van der Waals surface area contributed by atoms with Crippen LogP contribution in [0.3, 0.4) is 0 Å². The van der Waals surface area contributed by atoms with E-state index < -0.39 is 35.7 Å². The Bertz CT molecular complexity index is 1680. The molecule has 17 heteroatoms. The van der Waals surface area contributed by atoms with Crippen molar-refractivity contribution in [2.45, 2.75) is 70.0 Å². The van der Waals surface area contributed by atoms with Crippen molar-refractivity contribution in [1.82, 2.24) is 15.6 Å². The van der Waals surface area contributed by atoms with Crippen molar-refractivity contribution >= 4 is 45.1 Å². The Kier molecular flexibility index (Phi) is 15.7. The summed E-state index contributed by atoms with van der Waals surface area (Å²) in [6, 6.07) is 11.5. The van der Waals surface area contributed by atoms with Crippen LogP contribution in [0.4, 0.5) is 4.79 Å². The molecule has 0 radical (unpaired) electrons. The first kappa shape index (κ1) is 41.1. The zero-order valence-corrected chi connectivity index (χ0v) is 32.2. The van der Waals surface area contributed by atoms with E-state index in [4.69, 9.17) is 28.0 Å². The number of carbonyl (C=O) groups excluding carboxylic acids is 1. The molecule has 14 nitrogen and oxygen atoms in total. The van der Waals surface area contributed by atoms with Gasteiger partial charge in [0.25, 0.3) is 0 Å². The number of amides is 1. The summed E-state index contributed by atoms with van der Waals surface area (Å²) in [5, 5.41) is 17.0. The van der Waals surface area contributed by atoms with Gasteiger partial charge < -0.3 is 43.7 Å². The van der Waals surface area contributed by atoms with Crippen LogP contribution in [-0.2, 0) is 44.1 Å². The molecule has 0 spiro atoms. The molecule has 0 unspecified atom stereocenters. The maximum absolute atomic E-state index is 12.8. The van der Waals surface area contributed by atoms with Crippen molar-refractivity contribution in [1.29, 1.82) is 0 Å². The molecule has 2 fully saturated rings. The van der Waals surface area contributed by atoms with E-state index in [0.717, 1.165) is 28.7 Å². The lowest BCUT2D eigenvalue weighted by molar-refractivity contribution is -0.0907. The Morgan fingerprint density at radius 1 is 1.10 bits per heavy atom. The first-order chi connectivity index (χ1) is 24.3. The van der Waals surface area contributed by atoms with Crippen LogP contribution in [0.1, 0.15) is 39.7 Å². The second kappa shape index (κ2) is 19.4. The first-order valence-corrected chi connectivity index (χ1v) is 21.5. The molecule has 1 amide bonds. The summed E-state index contributed by atoms with van der Waals surface area (Å²) in [4.78, 5) is 17.2. The molecule has 2 aliphatic rings. The zero-order chi connectivity index (χ0) is 37.0. The second-order valence-electron chi connectivity index (χ2n) is 12.7. The number of fused-ring (bicyclic) bond motifs is 2. The summed E-state index contributed by atoms with van der Waals surface area (Å²) >= 11 is 1.44. The monoisotopic (exact) mass is 771 g/mol. The van der Waals surface area contributed by atoms with E-state index in [1.165, 1.54) is 17.6 Å². The van der Waals surface area contributed by atoms with Crippen LogP contribution < -0.4 is 15.4 Å². The van der Waals surface area contributed by atoms with E-state index in [2.05, 4.69) is 29.5 Å². The highest BCUT2D eigenvalue weighted by molar-refractivity contribution is 7.90. The summed E-state index contributed by atoms with van der Waals surface area (Å²) < 4.78 is 68.8. The SMILES string of the molecule is CCOP(=O)(COc1ccc(C[C@H](NC(=O)O[C@H]2CO[C@H]3OCC[C@H]32)[C@H](O)CNCC(C)C)cc1)OCC.CS(=O)(=O)c1ccc2ncsc2c1. The van der Waals surface area contributed by atoms with E-state index in [1.54, 1.807) is 49.7 Å². The molecule has 5 rings (SSSR count). The third-order valence-electron chi connectivity index (χ3n) is 8.07. The molecule has 0 bridgehead atoms. The van der Waals surface area contributed by atoms with Gasteiger partial charge in [0.1, 0.15) is 11.9 Å². The van der Waals surface area contributed by atoms with E-state index in [9.17, 15) is 22.9 Å². The Morgan fingerprint density at radius 2 is 1.82 bits per heavy atom. The Morgan fingerprint density at radius 3 is 2.49 bits per heavy atom. The third-order valence-corrected chi connectivity index (χ3v) is 11.7. The number of nitrogens with one attached hydrogen (secondary N) is 2. The van der Waals surface area contributed by atoms with Gasteiger partial charge in [-0.3, -0.25) is 4.57 Å². The highest BCUT2D eigenvalue weighted by Gasteiger charge is 2.44. The molecule has 2 aliphatic heterocycles. The van der Waals surface area contributed by atoms with Gasteiger partial charge in [0, 0.05) is 12.8 Å². The molecule has 2 saturated heterocycles. The van der Waals surface area contributed by atoms with Crippen molar-refractivity contribution in [2.75, 3.05) is 52.1 Å². The number of ether oxygens (including phenoxy) is 4. The number of rotatable bonds is 17. The van der Waals surface area contributed by atoms with Gasteiger partial charge in [-0.1, -0.05) is 26.0 Å². The average molecular weight is 772 g/mol. The predicted octanol–water partition coefficient (Wildman–Crippen LogP) is 4.99. The minimum atomic E-state index is -3.33. The zero-order valence-electron chi connectivity index (χ0n) is 29.7. The molecule has 0 aliphatic carbocycles. The Hall–Kier alpha value is -2.66. The standard InChI is InChI=1S/C26H43N2O9P.C8H7NO2S2/c1-5-35-38(31,36-6-2)17-34-20-9-7-19(8-10-20)13-22(23(29)15-27-14-18(3)4)28-26(30)37-24-16-33-25-21(24)11-12-32-25;1-13(10,11)6-2-3-7-8(4-6)12-5-9-7/h7-10,18,21-25,27,29H,5-6,11-17H2,1-4H3,(H,28,30);2-5H,1H3/t21-,22-,23+,24-,25+;/m0./s1. The van der Waals surface area contributed by atoms with E-state index >= 15 is 0 Å². The first-order valence-electron chi connectivity index (χ1n) is 17.0. The van der Waals surface area contributed by atoms with Crippen LogP contribution in [0, 0.1) is 11.8 Å². The van der Waals surface area contributed by atoms with Crippen LogP contribution >= 0.6 is 18.9 Å². The number of carbonyl (C=O) groups is 1. The molecule has 1 aromatic heterocycles. The largest absolute Gasteiger partial charge is 0.481 e. The highest BCUT2D eigenvalue weighted by Crippen LogP contribution is 2.47. The number of thiazole rings is 1. The number of aromatic nitrogens is 1. The number of sulfone groups is 1. The molecule has 3 N–H and O–H groups in total. The molecular formula is C34H50N3O11PS2. The van der Waals surface area contributed by atoms with Gasteiger partial charge in [-0.05, 0) is 75.0 Å². The van der Waals surface area contributed by atoms with E-state index in [1.807, 2.05) is 12.1 Å². The number of nitrogens with zero attached hydrogens (tertiary/aromatic N) is 1. The summed E-state index contributed by atoms with van der Waals surface area (Å²) in [5.74, 6) is 0.965. The van der Waals surface area contributed by atoms with Gasteiger partial charge in [0.15, 0.2) is 22.5 Å². The highest BCUT2D eigenvalue weighted by atomic mass is 32.2. The topological polar surface area (TPSA) is 181 Å². The summed E-state index contributed by atoms with van der Waals surface area (Å²) in [6.07, 6.45) is 0.0345. The van der Waals surface area contributed by atoms with Crippen LogP contribution in [0.25, 0.3) is 10.2 Å². The minimum absolute atomic E-state index is 0.0325. The lowest BCUT2D eigenvalue weighted by Gasteiger charge is -2.26. The number of hydrogen-bond donors (Lipinski definition) is 3. The summed E-state index contributed by atoms with van der Waals surface area (Å²) in [6.45, 7) is 10.1. The molecule has 3 heterocycles. The molecule has 5 atom stereocenters. The minimum Gasteiger partial charge on any atom is -0.481 e. The molecule has 51 heavy (non-hydrogen) atoms. The van der Waals surface area contributed by atoms with Gasteiger partial charge >= 0.3 is 13.7 Å². The van der Waals surface area contributed by atoms with Crippen LogP contribution in [0.15, 0.2) is 52.9 Å². The fourth-order valence-corrected chi connectivity index (χ4v) is 8.27. The average Bonchev–Trinajstić information content (AvgIpc) is 3.83. The van der Waals surface area contributed by atoms with E-state index in [-0.39, 0.29) is 37.9 Å². The van der Waals surface area contributed by atoms with Gasteiger partial charge in [-0.15, -0.1) is 11.3 Å². The van der Waals surface area contributed by atoms with Gasteiger partial charge in [-0.25, -0.2) is 18.2 Å². The second-order valence-corrected chi connectivity index (χ2v) is 17.6. The Labute approximate surface area is 304 Å². The molecule has 3 aromatic rings. The van der Waals surface area contributed by atoms with Gasteiger partial charge in [0.2, 0.25) is 0 Å². The Balaban J connectivity index is 0.000000372. The lowest BCUT2D eigenvalue weighted by atomic mass is 10.0. The van der Waals surface area contributed by atoms with Crippen LogP contribution in [0.5, 0.6) is 5.75 Å². The molecular weight excluding hydrogens is 721 g/mol. The van der Waals surface area contributed by atoms with Gasteiger partial charge in [-0.2, -0.15) is 0 Å². The van der Waals surface area contributed by atoms with Crippen molar-refractivity contribution < 1.29 is 50.9 Å². The normalized spacial score (nSPS) is 20.0. The van der Waals surface area contributed by atoms with Crippen molar-refractivity contribution in [3.8, 4) is 5.75 Å². The number of aliphatic hydroxyl groups excluding tert-OH is 1. The summed E-state index contributed by atoms with van der Waals surface area (Å²) in [7, 11) is -6.42. The number of alkyl carbamates (subject to hydrolysis) is 1. The van der Waals surface area contributed by atoms with Crippen molar-refractivity contribution in [3.63, 3.8) is 0 Å². The molecule has 284 valence electrons. The third kappa shape index (κ3) is 12.8. The van der Waals surface area contributed by atoms with Gasteiger partial charge in [0.05, 0.1) is 65.1 Å². The van der Waals surface area contributed by atoms with E-state index in [0.29, 0.717) is 42.7 Å². The van der Waals surface area contributed by atoms with Crippen LogP contribution in [-0.4, -0.2) is 101 Å². The molecule has 0 saturated carbocycles. The number of benzene rings is 2. The fraction of sp³-hybridized carbons (Fsp3) is 0.588. The maximum Gasteiger partial charge on any atom is 0.407 e. The smallest absolute Gasteiger partial charge is 0.407 e. The summed E-state index contributed by atoms with van der Waals surface area (Å²) in [5.41, 5.74) is 3.42. The number of aliphatic hydroxyl groups is 1. The van der Waals surface area contributed by atoms with Crippen molar-refractivity contribution in [2.24, 2.45) is 11.8 Å². The molecule has 2 aromatic carbocycles. The lowest BCUT2D eigenvalue weighted by Crippen LogP contribution is -2.50. The fourth-order valence-electron chi connectivity index (χ4n) is 5.52. The van der Waals surface area contributed by atoms with Crippen molar-refractivity contribution in [3.05, 3.63) is 53.5 Å². The predicted molar refractivity (Wildman–Crippen MR) is 194 cm³/mol. The quantitative estimate of drug-likeness (QED) is 0.156.